The van der Waals surface area contributed by atoms with Crippen molar-refractivity contribution in [2.45, 2.75) is 37.6 Å². The van der Waals surface area contributed by atoms with Gasteiger partial charge in [-0.3, -0.25) is 9.59 Å². The number of carbonyl (C=O) groups is 2. The van der Waals surface area contributed by atoms with E-state index in [4.69, 9.17) is 9.47 Å². The lowest BCUT2D eigenvalue weighted by Crippen LogP contribution is -2.52. The fourth-order valence-electron chi connectivity index (χ4n) is 4.79. The summed E-state index contributed by atoms with van der Waals surface area (Å²) in [6, 6.07) is 17.1. The van der Waals surface area contributed by atoms with Crippen LogP contribution in [-0.4, -0.2) is 53.7 Å². The summed E-state index contributed by atoms with van der Waals surface area (Å²) in [6.45, 7) is 2.80. The van der Waals surface area contributed by atoms with Crippen molar-refractivity contribution in [2.75, 3.05) is 26.3 Å². The molecule has 0 aromatic heterocycles. The fraction of sp³-hybridized carbons (Fsp3) is 0.417. The quantitative estimate of drug-likeness (QED) is 0.786. The number of fused-ring (bicyclic) bond motifs is 1. The topological polar surface area (TPSA) is 59.1 Å². The average Bonchev–Trinajstić information content (AvgIpc) is 3.23. The molecular formula is C24H26N2O4. The Morgan fingerprint density at radius 3 is 2.37 bits per heavy atom. The molecule has 1 spiro atoms. The van der Waals surface area contributed by atoms with Crippen LogP contribution < -0.4 is 0 Å². The zero-order chi connectivity index (χ0) is 20.6. The van der Waals surface area contributed by atoms with Crippen molar-refractivity contribution in [3.05, 3.63) is 71.3 Å². The van der Waals surface area contributed by atoms with E-state index in [-0.39, 0.29) is 11.8 Å². The molecule has 0 aliphatic carbocycles. The molecule has 6 heteroatoms. The van der Waals surface area contributed by atoms with Crippen LogP contribution in [0.3, 0.4) is 0 Å². The van der Waals surface area contributed by atoms with Gasteiger partial charge < -0.3 is 19.3 Å². The number of carbonyl (C=O) groups excluding carboxylic acids is 2. The lowest BCUT2D eigenvalue weighted by Gasteiger charge is -2.42. The van der Waals surface area contributed by atoms with Crippen LogP contribution in [0.2, 0.25) is 0 Å². The second-order valence-corrected chi connectivity index (χ2v) is 8.22. The van der Waals surface area contributed by atoms with Crippen molar-refractivity contribution in [3.63, 3.8) is 0 Å². The average molecular weight is 406 g/mol. The molecule has 156 valence electrons. The maximum absolute atomic E-state index is 13.7. The molecular weight excluding hydrogens is 380 g/mol. The maximum atomic E-state index is 13.7. The second kappa shape index (κ2) is 7.85. The third-order valence-electron chi connectivity index (χ3n) is 6.40. The molecule has 0 N–H and O–H groups in total. The van der Waals surface area contributed by atoms with Crippen molar-refractivity contribution in [3.8, 4) is 0 Å². The van der Waals surface area contributed by atoms with Gasteiger partial charge in [-0.15, -0.1) is 0 Å². The highest BCUT2D eigenvalue weighted by Crippen LogP contribution is 2.36. The molecule has 30 heavy (non-hydrogen) atoms. The Hall–Kier alpha value is -2.70. The van der Waals surface area contributed by atoms with Crippen molar-refractivity contribution >= 4 is 11.8 Å². The van der Waals surface area contributed by atoms with Gasteiger partial charge in [0.1, 0.15) is 6.04 Å². The zero-order valence-corrected chi connectivity index (χ0v) is 17.0. The molecule has 6 nitrogen and oxygen atoms in total. The molecule has 0 bridgehead atoms. The van der Waals surface area contributed by atoms with E-state index in [0.717, 1.165) is 16.7 Å². The first-order valence-corrected chi connectivity index (χ1v) is 10.6. The van der Waals surface area contributed by atoms with E-state index >= 15 is 0 Å². The summed E-state index contributed by atoms with van der Waals surface area (Å²) in [5, 5.41) is 0. The van der Waals surface area contributed by atoms with Gasteiger partial charge in [-0.25, -0.2) is 0 Å². The van der Waals surface area contributed by atoms with Gasteiger partial charge in [0.2, 0.25) is 11.8 Å². The minimum absolute atomic E-state index is 0.00755. The molecule has 1 atom stereocenters. The lowest BCUT2D eigenvalue weighted by atomic mass is 9.90. The Morgan fingerprint density at radius 1 is 0.967 bits per heavy atom. The third-order valence-corrected chi connectivity index (χ3v) is 6.40. The van der Waals surface area contributed by atoms with Crippen LogP contribution in [0.25, 0.3) is 0 Å². The predicted octanol–water partition coefficient (Wildman–Crippen LogP) is 2.68. The Morgan fingerprint density at radius 2 is 1.63 bits per heavy atom. The van der Waals surface area contributed by atoms with E-state index in [2.05, 4.69) is 0 Å². The van der Waals surface area contributed by atoms with Crippen LogP contribution >= 0.6 is 0 Å². The molecule has 2 aromatic rings. The zero-order valence-electron chi connectivity index (χ0n) is 17.0. The van der Waals surface area contributed by atoms with E-state index in [1.807, 2.05) is 59.5 Å². The lowest BCUT2D eigenvalue weighted by molar-refractivity contribution is -0.189. The minimum atomic E-state index is -0.595. The summed E-state index contributed by atoms with van der Waals surface area (Å²) >= 11 is 0. The van der Waals surface area contributed by atoms with E-state index in [0.29, 0.717) is 52.1 Å². The van der Waals surface area contributed by atoms with Crippen LogP contribution in [0, 0.1) is 0 Å². The number of likely N-dealkylation sites (tertiary alicyclic amines) is 1. The highest BCUT2D eigenvalue weighted by atomic mass is 16.7. The summed E-state index contributed by atoms with van der Waals surface area (Å²) in [5.74, 6) is -0.549. The van der Waals surface area contributed by atoms with Crippen LogP contribution in [0.5, 0.6) is 0 Å². The number of nitrogens with zero attached hydrogens (tertiary/aromatic N) is 2. The van der Waals surface area contributed by atoms with Crippen molar-refractivity contribution in [1.82, 2.24) is 9.80 Å². The number of ether oxygens (including phenoxy) is 2. The molecule has 5 rings (SSSR count). The van der Waals surface area contributed by atoms with Crippen LogP contribution in [0.4, 0.5) is 0 Å². The summed E-state index contributed by atoms with van der Waals surface area (Å²) in [5.41, 5.74) is 2.90. The smallest absolute Gasteiger partial charge is 0.250 e. The highest BCUT2D eigenvalue weighted by molar-refractivity contribution is 5.92. The molecule has 3 heterocycles. The number of hydrogen-bond donors (Lipinski definition) is 0. The predicted molar refractivity (Wildman–Crippen MR) is 110 cm³/mol. The van der Waals surface area contributed by atoms with Gasteiger partial charge in [-0.05, 0) is 16.7 Å². The summed E-state index contributed by atoms with van der Waals surface area (Å²) in [7, 11) is 0. The van der Waals surface area contributed by atoms with Crippen LogP contribution in [0.15, 0.2) is 54.6 Å². The minimum Gasteiger partial charge on any atom is -0.347 e. The van der Waals surface area contributed by atoms with Crippen molar-refractivity contribution < 1.29 is 19.1 Å². The Bertz CT molecular complexity index is 929. The number of piperidine rings is 1. The van der Waals surface area contributed by atoms with Gasteiger partial charge in [0.05, 0.1) is 19.6 Å². The maximum Gasteiger partial charge on any atom is 0.250 e. The largest absolute Gasteiger partial charge is 0.347 e. The van der Waals surface area contributed by atoms with Crippen molar-refractivity contribution in [2.24, 2.45) is 0 Å². The van der Waals surface area contributed by atoms with Crippen molar-refractivity contribution in [1.29, 1.82) is 0 Å². The number of amides is 2. The SMILES string of the molecule is O=C(C1c2ccccc2CC(=O)N1Cc1ccccc1)N1CCC2(CC1)OCCO2. The van der Waals surface area contributed by atoms with E-state index in [1.54, 1.807) is 4.90 Å². The standard InChI is InChI=1S/C24H26N2O4/c27-21-16-19-8-4-5-9-20(19)22(26(21)17-18-6-2-1-3-7-18)23(28)25-12-10-24(11-13-25)29-14-15-30-24/h1-9,22H,10-17H2. The third kappa shape index (κ3) is 3.50. The summed E-state index contributed by atoms with van der Waals surface area (Å²) in [6.07, 6.45) is 1.66. The summed E-state index contributed by atoms with van der Waals surface area (Å²) in [4.78, 5) is 30.4. The molecule has 1 unspecified atom stereocenters. The Labute approximate surface area is 176 Å². The molecule has 0 radical (unpaired) electrons. The van der Waals surface area contributed by atoms with E-state index in [1.165, 1.54) is 0 Å². The normalized spacial score (nSPS) is 22.9. The van der Waals surface area contributed by atoms with Gasteiger partial charge in [0, 0.05) is 32.5 Å². The molecule has 2 aromatic carbocycles. The van der Waals surface area contributed by atoms with Gasteiger partial charge in [-0.1, -0.05) is 54.6 Å². The van der Waals surface area contributed by atoms with Gasteiger partial charge in [-0.2, -0.15) is 0 Å². The second-order valence-electron chi connectivity index (χ2n) is 8.22. The van der Waals surface area contributed by atoms with E-state index in [9.17, 15) is 9.59 Å². The fourth-order valence-corrected chi connectivity index (χ4v) is 4.79. The van der Waals surface area contributed by atoms with Gasteiger partial charge in [0.15, 0.2) is 5.79 Å². The molecule has 2 amide bonds. The van der Waals surface area contributed by atoms with Gasteiger partial charge in [0.25, 0.3) is 0 Å². The first-order valence-electron chi connectivity index (χ1n) is 10.6. The summed E-state index contributed by atoms with van der Waals surface area (Å²) < 4.78 is 11.6. The Kier molecular flexibility index (Phi) is 5.05. The Balaban J connectivity index is 1.43. The van der Waals surface area contributed by atoms with E-state index < -0.39 is 11.8 Å². The number of benzene rings is 2. The molecule has 2 fully saturated rings. The van der Waals surface area contributed by atoms with Crippen LogP contribution in [-0.2, 0) is 32.0 Å². The monoisotopic (exact) mass is 406 g/mol. The van der Waals surface area contributed by atoms with Gasteiger partial charge >= 0.3 is 0 Å². The molecule has 0 saturated carbocycles. The first-order chi connectivity index (χ1) is 14.7. The number of hydrogen-bond acceptors (Lipinski definition) is 4. The molecule has 3 aliphatic heterocycles. The molecule has 3 aliphatic rings. The van der Waals surface area contributed by atoms with Crippen LogP contribution in [0.1, 0.15) is 35.6 Å². The first kappa shape index (κ1) is 19.3. The molecule has 2 saturated heterocycles. The highest BCUT2D eigenvalue weighted by Gasteiger charge is 2.44. The number of rotatable bonds is 3.